The van der Waals surface area contributed by atoms with Crippen molar-refractivity contribution < 1.29 is 27.6 Å². The monoisotopic (exact) mass is 249 g/mol. The van der Waals surface area contributed by atoms with E-state index in [-0.39, 0.29) is 12.2 Å². The maximum Gasteiger partial charge on any atom is 0.389 e. The van der Waals surface area contributed by atoms with E-state index in [0.29, 0.717) is 24.1 Å². The van der Waals surface area contributed by atoms with E-state index >= 15 is 0 Å². The molecule has 7 heteroatoms. The van der Waals surface area contributed by atoms with Gasteiger partial charge < -0.3 is 9.63 Å². The predicted octanol–water partition coefficient (Wildman–Crippen LogP) is 2.43. The van der Waals surface area contributed by atoms with E-state index in [2.05, 4.69) is 9.68 Å². The highest BCUT2D eigenvalue weighted by Crippen LogP contribution is 2.34. The Bertz CT molecular complexity index is 438. The molecule has 94 valence electrons. The van der Waals surface area contributed by atoms with E-state index in [1.165, 1.54) is 0 Å². The number of rotatable bonds is 2. The van der Waals surface area contributed by atoms with Crippen LogP contribution in [0.1, 0.15) is 34.7 Å². The number of carboxylic acid groups (broad SMARTS) is 1. The number of hydrogen-bond donors (Lipinski definition) is 1. The summed E-state index contributed by atoms with van der Waals surface area (Å²) in [6.07, 6.45) is -4.34. The van der Waals surface area contributed by atoms with Crippen LogP contribution in [-0.4, -0.2) is 22.4 Å². The molecule has 0 aliphatic heterocycles. The smallest absolute Gasteiger partial charge is 0.389 e. The van der Waals surface area contributed by atoms with Crippen LogP contribution in [0, 0.1) is 5.92 Å². The average Bonchev–Trinajstić information content (AvgIpc) is 2.57. The fourth-order valence-electron chi connectivity index (χ4n) is 2.15. The number of carbonyl (C=O) groups is 1. The van der Waals surface area contributed by atoms with Gasteiger partial charge in [-0.05, 0) is 25.2 Å². The zero-order valence-electron chi connectivity index (χ0n) is 8.75. The third-order valence-corrected chi connectivity index (χ3v) is 2.87. The van der Waals surface area contributed by atoms with Gasteiger partial charge in [0.15, 0.2) is 0 Å². The van der Waals surface area contributed by atoms with Crippen molar-refractivity contribution >= 4 is 5.97 Å². The van der Waals surface area contributed by atoms with Crippen LogP contribution in [0.3, 0.4) is 0 Å². The molecule has 1 heterocycles. The average molecular weight is 249 g/mol. The first-order valence-corrected chi connectivity index (χ1v) is 5.14. The molecule has 0 bridgehead atoms. The Morgan fingerprint density at radius 2 is 2.24 bits per heavy atom. The number of aromatic carboxylic acids is 1. The molecule has 1 aliphatic rings. The summed E-state index contributed by atoms with van der Waals surface area (Å²) in [4.78, 5) is 10.8. The Labute approximate surface area is 94.4 Å². The Balaban J connectivity index is 2.17. The molecule has 1 atom stereocenters. The summed E-state index contributed by atoms with van der Waals surface area (Å²) in [7, 11) is 0. The molecule has 0 saturated heterocycles. The Hall–Kier alpha value is -1.53. The highest BCUT2D eigenvalue weighted by molar-refractivity contribution is 5.86. The van der Waals surface area contributed by atoms with Gasteiger partial charge in [-0.15, -0.1) is 0 Å². The lowest BCUT2D eigenvalue weighted by molar-refractivity contribution is -0.145. The van der Waals surface area contributed by atoms with Crippen molar-refractivity contribution in [1.29, 1.82) is 0 Å². The van der Waals surface area contributed by atoms with Crippen molar-refractivity contribution in [2.75, 3.05) is 0 Å². The van der Waals surface area contributed by atoms with Crippen molar-refractivity contribution in [2.45, 2.75) is 31.9 Å². The largest absolute Gasteiger partial charge is 0.475 e. The van der Waals surface area contributed by atoms with E-state index in [0.717, 1.165) is 0 Å². The minimum Gasteiger partial charge on any atom is -0.475 e. The molecule has 0 fully saturated rings. The molecule has 1 unspecified atom stereocenters. The Kier molecular flexibility index (Phi) is 2.84. The standard InChI is InChI=1S/C10H10F3NO3/c11-10(12,13)4-5-1-2-7-6(3-5)8(9(15)16)17-14-7/h5H,1-4H2,(H,15,16). The maximum atomic E-state index is 12.2. The molecule has 0 saturated carbocycles. The lowest BCUT2D eigenvalue weighted by atomic mass is 9.84. The normalized spacial score (nSPS) is 20.1. The van der Waals surface area contributed by atoms with Gasteiger partial charge in [-0.1, -0.05) is 5.16 Å². The van der Waals surface area contributed by atoms with Crippen molar-refractivity contribution in [2.24, 2.45) is 5.92 Å². The van der Waals surface area contributed by atoms with Gasteiger partial charge in [-0.3, -0.25) is 0 Å². The molecular weight excluding hydrogens is 239 g/mol. The molecule has 1 N–H and O–H groups in total. The minimum absolute atomic E-state index is 0.0694. The van der Waals surface area contributed by atoms with Gasteiger partial charge in [0.05, 0.1) is 5.69 Å². The molecular formula is C10H10F3NO3. The number of fused-ring (bicyclic) bond motifs is 1. The van der Waals surface area contributed by atoms with Crippen LogP contribution in [0.25, 0.3) is 0 Å². The van der Waals surface area contributed by atoms with Gasteiger partial charge in [0.25, 0.3) is 0 Å². The highest BCUT2D eigenvalue weighted by Gasteiger charge is 2.36. The Morgan fingerprint density at radius 1 is 1.53 bits per heavy atom. The lowest BCUT2D eigenvalue weighted by Crippen LogP contribution is -2.22. The fraction of sp³-hybridized carbons (Fsp3) is 0.600. The van der Waals surface area contributed by atoms with Crippen LogP contribution in [0.15, 0.2) is 4.52 Å². The quantitative estimate of drug-likeness (QED) is 0.874. The van der Waals surface area contributed by atoms with Crippen molar-refractivity contribution in [3.63, 3.8) is 0 Å². The summed E-state index contributed by atoms with van der Waals surface area (Å²) >= 11 is 0. The summed E-state index contributed by atoms with van der Waals surface area (Å²) < 4.78 is 41.4. The number of alkyl halides is 3. The SMILES string of the molecule is O=C(O)c1onc2c1CC(CC(F)(F)F)CC2. The van der Waals surface area contributed by atoms with Crippen LogP contribution in [0.2, 0.25) is 0 Å². The van der Waals surface area contributed by atoms with Gasteiger partial charge in [0.2, 0.25) is 5.76 Å². The molecule has 0 spiro atoms. The van der Waals surface area contributed by atoms with Crippen molar-refractivity contribution in [3.05, 3.63) is 17.0 Å². The number of nitrogens with zero attached hydrogens (tertiary/aromatic N) is 1. The topological polar surface area (TPSA) is 63.3 Å². The highest BCUT2D eigenvalue weighted by atomic mass is 19.4. The molecule has 0 amide bonds. The van der Waals surface area contributed by atoms with Crippen LogP contribution in [-0.2, 0) is 12.8 Å². The van der Waals surface area contributed by atoms with Crippen LogP contribution < -0.4 is 0 Å². The molecule has 1 aromatic rings. The first-order valence-electron chi connectivity index (χ1n) is 5.14. The molecule has 4 nitrogen and oxygen atoms in total. The lowest BCUT2D eigenvalue weighted by Gasteiger charge is -2.21. The van der Waals surface area contributed by atoms with E-state index in [1.54, 1.807) is 0 Å². The molecule has 0 radical (unpaired) electrons. The summed E-state index contributed by atoms with van der Waals surface area (Å²) in [5.74, 6) is -2.20. The van der Waals surface area contributed by atoms with Gasteiger partial charge in [0, 0.05) is 12.0 Å². The fourth-order valence-corrected chi connectivity index (χ4v) is 2.15. The number of halogens is 3. The van der Waals surface area contributed by atoms with Crippen molar-refractivity contribution in [1.82, 2.24) is 5.16 Å². The molecule has 2 rings (SSSR count). The third kappa shape index (κ3) is 2.59. The second kappa shape index (κ2) is 4.05. The second-order valence-corrected chi connectivity index (χ2v) is 4.17. The first kappa shape index (κ1) is 11.9. The summed E-state index contributed by atoms with van der Waals surface area (Å²) in [6.45, 7) is 0. The second-order valence-electron chi connectivity index (χ2n) is 4.17. The summed E-state index contributed by atoms with van der Waals surface area (Å²) in [5, 5.41) is 12.4. The molecule has 0 aromatic carbocycles. The van der Waals surface area contributed by atoms with Crippen LogP contribution >= 0.6 is 0 Å². The van der Waals surface area contributed by atoms with Crippen molar-refractivity contribution in [3.8, 4) is 0 Å². The van der Waals surface area contributed by atoms with Gasteiger partial charge >= 0.3 is 12.1 Å². The Morgan fingerprint density at radius 3 is 2.82 bits per heavy atom. The number of aromatic nitrogens is 1. The summed E-state index contributed by atoms with van der Waals surface area (Å²) in [5.41, 5.74) is 0.791. The van der Waals surface area contributed by atoms with Gasteiger partial charge in [-0.25, -0.2) is 4.79 Å². The van der Waals surface area contributed by atoms with E-state index in [4.69, 9.17) is 5.11 Å². The third-order valence-electron chi connectivity index (χ3n) is 2.87. The van der Waals surface area contributed by atoms with Crippen LogP contribution in [0.4, 0.5) is 13.2 Å². The predicted molar refractivity (Wildman–Crippen MR) is 49.6 cm³/mol. The first-order chi connectivity index (χ1) is 7.87. The zero-order chi connectivity index (χ0) is 12.6. The zero-order valence-corrected chi connectivity index (χ0v) is 8.75. The molecule has 1 aliphatic carbocycles. The van der Waals surface area contributed by atoms with E-state index < -0.39 is 24.5 Å². The maximum absolute atomic E-state index is 12.2. The number of carboxylic acids is 1. The minimum atomic E-state index is -4.22. The van der Waals surface area contributed by atoms with E-state index in [1.807, 2.05) is 0 Å². The van der Waals surface area contributed by atoms with Crippen LogP contribution in [0.5, 0.6) is 0 Å². The van der Waals surface area contributed by atoms with Gasteiger partial charge in [0.1, 0.15) is 0 Å². The van der Waals surface area contributed by atoms with Gasteiger partial charge in [-0.2, -0.15) is 13.2 Å². The summed E-state index contributed by atoms with van der Waals surface area (Å²) in [6, 6.07) is 0. The number of hydrogen-bond acceptors (Lipinski definition) is 3. The molecule has 17 heavy (non-hydrogen) atoms. The number of aryl methyl sites for hydroxylation is 1. The molecule has 1 aromatic heterocycles. The van der Waals surface area contributed by atoms with E-state index in [9.17, 15) is 18.0 Å².